The minimum Gasteiger partial charge on any atom is -0.459 e. The van der Waals surface area contributed by atoms with Gasteiger partial charge in [-0.1, -0.05) is 58.1 Å². The smallest absolute Gasteiger partial charge is 0.338 e. The lowest BCUT2D eigenvalue weighted by molar-refractivity contribution is -0.143. The van der Waals surface area contributed by atoms with Gasteiger partial charge in [-0.15, -0.1) is 0 Å². The zero-order valence-corrected chi connectivity index (χ0v) is 21.4. The summed E-state index contributed by atoms with van der Waals surface area (Å²) in [5.41, 5.74) is 2.39. The second-order valence-electron chi connectivity index (χ2n) is 9.18. The number of unbranched alkanes of at least 4 members (excludes halogenated alkanes) is 5. The molecule has 1 aliphatic rings. The van der Waals surface area contributed by atoms with Crippen molar-refractivity contribution in [3.63, 3.8) is 0 Å². The first-order valence-electron chi connectivity index (χ1n) is 12.7. The molecule has 0 fully saturated rings. The predicted molar refractivity (Wildman–Crippen MR) is 135 cm³/mol. The molecule has 1 aliphatic heterocycles. The molecule has 188 valence electrons. The summed E-state index contributed by atoms with van der Waals surface area (Å²) >= 11 is 0. The van der Waals surface area contributed by atoms with Gasteiger partial charge in [0.1, 0.15) is 0 Å². The quantitative estimate of drug-likeness (QED) is 0.270. The van der Waals surface area contributed by atoms with Crippen LogP contribution in [0.25, 0.3) is 0 Å². The van der Waals surface area contributed by atoms with Gasteiger partial charge in [0.25, 0.3) is 0 Å². The van der Waals surface area contributed by atoms with Gasteiger partial charge in [0.15, 0.2) is 0 Å². The molecule has 1 atom stereocenters. The van der Waals surface area contributed by atoms with Crippen LogP contribution in [0, 0.1) is 0 Å². The highest BCUT2D eigenvalue weighted by Gasteiger charge is 2.36. The third kappa shape index (κ3) is 7.89. The van der Waals surface area contributed by atoms with E-state index in [9.17, 15) is 14.4 Å². The van der Waals surface area contributed by atoms with Crippen LogP contribution in [0.3, 0.4) is 0 Å². The fraction of sp³-hybridized carbons (Fsp3) is 0.593. The summed E-state index contributed by atoms with van der Waals surface area (Å²) in [6.07, 6.45) is 7.41. The minimum atomic E-state index is -0.650. The van der Waals surface area contributed by atoms with Crippen molar-refractivity contribution in [3.05, 3.63) is 41.1 Å². The van der Waals surface area contributed by atoms with Crippen LogP contribution in [0.4, 0.5) is 10.5 Å². The molecular formula is C27H41N3O4. The molecule has 2 N–H and O–H groups in total. The van der Waals surface area contributed by atoms with Crippen LogP contribution in [0.15, 0.2) is 35.5 Å². The van der Waals surface area contributed by atoms with Crippen molar-refractivity contribution in [1.29, 1.82) is 0 Å². The molecule has 1 aromatic carbocycles. The number of carbonyl (C=O) groups excluding carboxylic acids is 3. The summed E-state index contributed by atoms with van der Waals surface area (Å²) < 4.78 is 5.52. The fourth-order valence-corrected chi connectivity index (χ4v) is 4.07. The number of rotatable bonds is 13. The molecule has 1 aromatic rings. The minimum absolute atomic E-state index is 0.0294. The van der Waals surface area contributed by atoms with Gasteiger partial charge in [-0.25, -0.2) is 9.59 Å². The first-order chi connectivity index (χ1) is 16.3. The molecule has 0 saturated heterocycles. The maximum Gasteiger partial charge on any atom is 0.338 e. The van der Waals surface area contributed by atoms with E-state index in [0.29, 0.717) is 29.9 Å². The normalized spacial score (nSPS) is 16.0. The average Bonchev–Trinajstić information content (AvgIpc) is 2.78. The maximum absolute atomic E-state index is 13.1. The highest BCUT2D eigenvalue weighted by molar-refractivity contribution is 5.95. The number of hydrogen-bond acceptors (Lipinski definition) is 4. The lowest BCUT2D eigenvalue weighted by atomic mass is 9.94. The van der Waals surface area contributed by atoms with E-state index < -0.39 is 12.0 Å². The summed E-state index contributed by atoms with van der Waals surface area (Å²) in [6.45, 7) is 10.2. The Morgan fingerprint density at radius 1 is 1.09 bits per heavy atom. The fourth-order valence-electron chi connectivity index (χ4n) is 4.07. The Morgan fingerprint density at radius 2 is 1.79 bits per heavy atom. The lowest BCUT2D eigenvalue weighted by Gasteiger charge is -2.35. The molecule has 34 heavy (non-hydrogen) atoms. The Hall–Kier alpha value is -2.83. The maximum atomic E-state index is 13.1. The number of urea groups is 1. The van der Waals surface area contributed by atoms with Gasteiger partial charge in [-0.3, -0.25) is 9.69 Å². The van der Waals surface area contributed by atoms with Gasteiger partial charge in [0.2, 0.25) is 5.91 Å². The van der Waals surface area contributed by atoms with Gasteiger partial charge < -0.3 is 15.4 Å². The molecule has 0 spiro atoms. The largest absolute Gasteiger partial charge is 0.459 e. The van der Waals surface area contributed by atoms with Gasteiger partial charge in [-0.05, 0) is 51.3 Å². The van der Waals surface area contributed by atoms with Crippen molar-refractivity contribution in [2.45, 2.75) is 98.1 Å². The van der Waals surface area contributed by atoms with Gasteiger partial charge >= 0.3 is 12.0 Å². The molecule has 0 radical (unpaired) electrons. The summed E-state index contributed by atoms with van der Waals surface area (Å²) in [4.78, 5) is 40.0. The molecule has 3 amide bonds. The number of esters is 1. The number of anilines is 1. The summed E-state index contributed by atoms with van der Waals surface area (Å²) in [7, 11) is 0. The van der Waals surface area contributed by atoms with Gasteiger partial charge in [-0.2, -0.15) is 0 Å². The van der Waals surface area contributed by atoms with Crippen molar-refractivity contribution >= 4 is 23.6 Å². The van der Waals surface area contributed by atoms with Crippen molar-refractivity contribution in [2.75, 3.05) is 11.9 Å². The van der Waals surface area contributed by atoms with Crippen molar-refractivity contribution in [1.82, 2.24) is 10.2 Å². The van der Waals surface area contributed by atoms with Crippen LogP contribution >= 0.6 is 0 Å². The van der Waals surface area contributed by atoms with Crippen LogP contribution in [0.5, 0.6) is 0 Å². The van der Waals surface area contributed by atoms with Crippen LogP contribution in [0.1, 0.15) is 97.6 Å². The van der Waals surface area contributed by atoms with E-state index in [2.05, 4.69) is 24.5 Å². The Balaban J connectivity index is 2.24. The molecule has 7 nitrogen and oxygen atoms in total. The zero-order chi connectivity index (χ0) is 25.1. The Bertz CT molecular complexity index is 878. The lowest BCUT2D eigenvalue weighted by Crippen LogP contribution is -2.48. The topological polar surface area (TPSA) is 87.7 Å². The molecule has 0 aliphatic carbocycles. The van der Waals surface area contributed by atoms with E-state index in [4.69, 9.17) is 4.74 Å². The van der Waals surface area contributed by atoms with E-state index in [1.54, 1.807) is 25.7 Å². The van der Waals surface area contributed by atoms with Gasteiger partial charge in [0.05, 0.1) is 17.7 Å². The van der Waals surface area contributed by atoms with Crippen molar-refractivity contribution < 1.29 is 19.1 Å². The molecule has 2 rings (SSSR count). The second-order valence-corrected chi connectivity index (χ2v) is 9.18. The van der Waals surface area contributed by atoms with Crippen LogP contribution in [0.2, 0.25) is 0 Å². The third-order valence-corrected chi connectivity index (χ3v) is 5.91. The van der Waals surface area contributed by atoms with Crippen LogP contribution in [-0.4, -0.2) is 35.5 Å². The Morgan fingerprint density at radius 3 is 2.47 bits per heavy atom. The van der Waals surface area contributed by atoms with Crippen LogP contribution < -0.4 is 10.6 Å². The summed E-state index contributed by atoms with van der Waals surface area (Å²) in [5.74, 6) is -0.473. The first-order valence-corrected chi connectivity index (χ1v) is 12.7. The third-order valence-electron chi connectivity index (χ3n) is 5.91. The Labute approximate surface area is 204 Å². The number of nitrogens with one attached hydrogen (secondary N) is 2. The molecule has 7 heteroatoms. The molecule has 1 unspecified atom stereocenters. The standard InChI is InChI=1S/C27H41N3O4/c1-6-8-10-11-12-16-23(31)28-22-15-13-14-21(18-22)25-24(26(32)34-19(3)4)20(5)30(17-9-7-2)27(33)29-25/h13-15,18-19,25H,6-12,16-17H2,1-5H3,(H,28,31)(H,29,33). The molecule has 0 bridgehead atoms. The number of carbonyl (C=O) groups is 3. The number of nitrogens with zero attached hydrogens (tertiary/aromatic N) is 1. The van der Waals surface area contributed by atoms with E-state index in [-0.39, 0.29) is 18.0 Å². The van der Waals surface area contributed by atoms with E-state index in [1.807, 2.05) is 24.3 Å². The monoisotopic (exact) mass is 471 g/mol. The highest BCUT2D eigenvalue weighted by Crippen LogP contribution is 2.33. The van der Waals surface area contributed by atoms with Crippen molar-refractivity contribution in [2.24, 2.45) is 0 Å². The highest BCUT2D eigenvalue weighted by atomic mass is 16.5. The van der Waals surface area contributed by atoms with Crippen molar-refractivity contribution in [3.8, 4) is 0 Å². The second kappa shape index (κ2) is 13.8. The summed E-state index contributed by atoms with van der Waals surface area (Å²) in [6, 6.07) is 6.42. The van der Waals surface area contributed by atoms with E-state index in [1.165, 1.54) is 12.8 Å². The van der Waals surface area contributed by atoms with Crippen LogP contribution in [-0.2, 0) is 14.3 Å². The molecular weight excluding hydrogens is 430 g/mol. The predicted octanol–water partition coefficient (Wildman–Crippen LogP) is 6.08. The Kier molecular flexibility index (Phi) is 11.1. The molecule has 0 saturated carbocycles. The molecule has 1 heterocycles. The van der Waals surface area contributed by atoms with Gasteiger partial charge in [0, 0.05) is 24.4 Å². The average molecular weight is 472 g/mol. The first kappa shape index (κ1) is 27.4. The number of benzene rings is 1. The zero-order valence-electron chi connectivity index (χ0n) is 21.4. The SMILES string of the molecule is CCCCCCCC(=O)Nc1cccc(C2NC(=O)N(CCCC)C(C)=C2C(=O)OC(C)C)c1. The number of amides is 3. The number of hydrogen-bond donors (Lipinski definition) is 2. The van der Waals surface area contributed by atoms with E-state index >= 15 is 0 Å². The molecule has 0 aromatic heterocycles. The van der Waals surface area contributed by atoms with E-state index in [0.717, 1.165) is 37.7 Å². The number of ether oxygens (including phenoxy) is 1. The number of allylic oxidation sites excluding steroid dienone is 1. The summed E-state index contributed by atoms with van der Waals surface area (Å²) in [5, 5.41) is 5.93.